The van der Waals surface area contributed by atoms with Gasteiger partial charge in [-0.1, -0.05) is 5.92 Å². The molecule has 2 aromatic heterocycles. The van der Waals surface area contributed by atoms with Crippen LogP contribution >= 0.6 is 11.3 Å². The molecule has 1 aromatic carbocycles. The van der Waals surface area contributed by atoms with Crippen LogP contribution in [0.4, 0.5) is 0 Å². The Morgan fingerprint density at radius 3 is 2.92 bits per heavy atom. The molecular formula is C18H13N5O2S. The van der Waals surface area contributed by atoms with E-state index < -0.39 is 5.54 Å². The maximum Gasteiger partial charge on any atom is 0.230 e. The average Bonchev–Trinajstić information content (AvgIpc) is 3.08. The third-order valence-electron chi connectivity index (χ3n) is 4.07. The van der Waals surface area contributed by atoms with Crippen LogP contribution < -0.4 is 5.32 Å². The van der Waals surface area contributed by atoms with Crippen LogP contribution in [0.3, 0.4) is 0 Å². The standard InChI is InChI=1S/C18H13N5O2S/c1-2-11-3-4-12-13(7-11)26-17(20-12)9-16-23-22-15(25-16)8-14(24)21-18(10-19)5-6-18/h1,3-4,7H,5-6,8-9H2,(H,21,24). The van der Waals surface area contributed by atoms with Crippen molar-refractivity contribution in [1.82, 2.24) is 20.5 Å². The lowest BCUT2D eigenvalue weighted by Crippen LogP contribution is -2.36. The van der Waals surface area contributed by atoms with Gasteiger partial charge in [0.1, 0.15) is 17.0 Å². The molecule has 26 heavy (non-hydrogen) atoms. The Labute approximate surface area is 153 Å². The number of amides is 1. The molecule has 1 aliphatic carbocycles. The van der Waals surface area contributed by atoms with E-state index in [-0.39, 0.29) is 18.2 Å². The fourth-order valence-electron chi connectivity index (χ4n) is 2.54. The molecular weight excluding hydrogens is 350 g/mol. The number of fused-ring (bicyclic) bond motifs is 1. The quantitative estimate of drug-likeness (QED) is 0.695. The Kier molecular flexibility index (Phi) is 3.90. The summed E-state index contributed by atoms with van der Waals surface area (Å²) in [5.74, 6) is 2.93. The van der Waals surface area contributed by atoms with Crippen LogP contribution in [0.1, 0.15) is 35.2 Å². The third-order valence-corrected chi connectivity index (χ3v) is 5.08. The van der Waals surface area contributed by atoms with Gasteiger partial charge in [0.15, 0.2) is 0 Å². The molecule has 1 amide bonds. The summed E-state index contributed by atoms with van der Waals surface area (Å²) < 4.78 is 6.54. The molecule has 0 atom stereocenters. The smallest absolute Gasteiger partial charge is 0.230 e. The first-order valence-corrected chi connectivity index (χ1v) is 8.80. The lowest BCUT2D eigenvalue weighted by Gasteiger charge is -2.06. The number of aromatic nitrogens is 3. The maximum atomic E-state index is 12.0. The molecule has 8 heteroatoms. The largest absolute Gasteiger partial charge is 0.424 e. The van der Waals surface area contributed by atoms with E-state index in [9.17, 15) is 4.79 Å². The number of carbonyl (C=O) groups excluding carboxylic acids is 1. The molecule has 0 aliphatic heterocycles. The van der Waals surface area contributed by atoms with Crippen molar-refractivity contribution in [2.45, 2.75) is 31.2 Å². The highest BCUT2D eigenvalue weighted by molar-refractivity contribution is 7.18. The monoisotopic (exact) mass is 363 g/mol. The van der Waals surface area contributed by atoms with E-state index in [0.29, 0.717) is 25.2 Å². The Balaban J connectivity index is 1.43. The Bertz CT molecular complexity index is 1080. The second kappa shape index (κ2) is 6.25. The van der Waals surface area contributed by atoms with Crippen LogP contribution in [0, 0.1) is 23.7 Å². The second-order valence-electron chi connectivity index (χ2n) is 6.12. The van der Waals surface area contributed by atoms with E-state index >= 15 is 0 Å². The number of hydrogen-bond acceptors (Lipinski definition) is 7. The van der Waals surface area contributed by atoms with E-state index in [0.717, 1.165) is 20.8 Å². The molecule has 3 aromatic rings. The molecule has 0 radical (unpaired) electrons. The fourth-order valence-corrected chi connectivity index (χ4v) is 3.53. The number of carbonyl (C=O) groups is 1. The number of terminal acetylenes is 1. The normalized spacial score (nSPS) is 14.5. The Morgan fingerprint density at radius 2 is 2.19 bits per heavy atom. The number of thiazole rings is 1. The molecule has 2 heterocycles. The van der Waals surface area contributed by atoms with Crippen molar-refractivity contribution >= 4 is 27.5 Å². The van der Waals surface area contributed by atoms with E-state index in [4.69, 9.17) is 16.1 Å². The third kappa shape index (κ3) is 3.28. The van der Waals surface area contributed by atoms with Gasteiger partial charge in [-0.05, 0) is 31.0 Å². The zero-order valence-corrected chi connectivity index (χ0v) is 14.5. The summed E-state index contributed by atoms with van der Waals surface area (Å²) in [5.41, 5.74) is 0.983. The zero-order chi connectivity index (χ0) is 18.1. The van der Waals surface area contributed by atoms with Crippen LogP contribution in [0.2, 0.25) is 0 Å². The van der Waals surface area contributed by atoms with Gasteiger partial charge < -0.3 is 9.73 Å². The first-order chi connectivity index (χ1) is 12.6. The molecule has 1 fully saturated rings. The van der Waals surface area contributed by atoms with Crippen molar-refractivity contribution in [3.8, 4) is 18.4 Å². The van der Waals surface area contributed by atoms with Gasteiger partial charge in [0, 0.05) is 5.56 Å². The topological polar surface area (TPSA) is 105 Å². The molecule has 1 N–H and O–H groups in total. The van der Waals surface area contributed by atoms with Crippen LogP contribution in [-0.2, 0) is 17.6 Å². The van der Waals surface area contributed by atoms with Crippen molar-refractivity contribution in [1.29, 1.82) is 5.26 Å². The highest BCUT2D eigenvalue weighted by Gasteiger charge is 2.44. The SMILES string of the molecule is C#Cc1ccc2nc(Cc3nnc(CC(=O)NC4(C#N)CC4)o3)sc2c1. The Hall–Kier alpha value is -3.23. The Morgan fingerprint density at radius 1 is 1.38 bits per heavy atom. The number of nitriles is 1. The molecule has 0 spiro atoms. The molecule has 7 nitrogen and oxygen atoms in total. The summed E-state index contributed by atoms with van der Waals surface area (Å²) in [6, 6.07) is 7.77. The van der Waals surface area contributed by atoms with Crippen molar-refractivity contribution in [3.63, 3.8) is 0 Å². The number of hydrogen-bond donors (Lipinski definition) is 1. The van der Waals surface area contributed by atoms with Gasteiger partial charge >= 0.3 is 0 Å². The van der Waals surface area contributed by atoms with Crippen LogP contribution in [0.5, 0.6) is 0 Å². The minimum atomic E-state index is -0.696. The second-order valence-corrected chi connectivity index (χ2v) is 7.23. The fraction of sp³-hybridized carbons (Fsp3) is 0.278. The summed E-state index contributed by atoms with van der Waals surface area (Å²) in [6.45, 7) is 0. The molecule has 4 rings (SSSR count). The summed E-state index contributed by atoms with van der Waals surface area (Å²) >= 11 is 1.51. The number of nitrogens with one attached hydrogen (secondary N) is 1. The van der Waals surface area contributed by atoms with Crippen molar-refractivity contribution in [3.05, 3.63) is 40.6 Å². The molecule has 1 saturated carbocycles. The lowest BCUT2D eigenvalue weighted by molar-refractivity contribution is -0.121. The molecule has 1 aliphatic rings. The molecule has 0 bridgehead atoms. The maximum absolute atomic E-state index is 12.0. The summed E-state index contributed by atoms with van der Waals surface area (Å²) in [4.78, 5) is 16.5. The van der Waals surface area contributed by atoms with Gasteiger partial charge in [0.05, 0.1) is 22.7 Å². The van der Waals surface area contributed by atoms with Crippen LogP contribution in [0.15, 0.2) is 22.6 Å². The minimum absolute atomic E-state index is 0.0399. The molecule has 0 unspecified atom stereocenters. The van der Waals surface area contributed by atoms with E-state index in [1.807, 2.05) is 18.2 Å². The summed E-state index contributed by atoms with van der Waals surface area (Å²) in [6.07, 6.45) is 7.13. The molecule has 128 valence electrons. The predicted molar refractivity (Wildman–Crippen MR) is 94.1 cm³/mol. The number of benzene rings is 1. The first kappa shape index (κ1) is 16.2. The average molecular weight is 363 g/mol. The zero-order valence-electron chi connectivity index (χ0n) is 13.7. The number of rotatable bonds is 5. The van der Waals surface area contributed by atoms with Gasteiger partial charge in [-0.2, -0.15) is 5.26 Å². The van der Waals surface area contributed by atoms with Gasteiger partial charge in [-0.15, -0.1) is 28.0 Å². The summed E-state index contributed by atoms with van der Waals surface area (Å²) in [7, 11) is 0. The first-order valence-electron chi connectivity index (χ1n) is 7.99. The van der Waals surface area contributed by atoms with Gasteiger partial charge in [0.2, 0.25) is 17.7 Å². The van der Waals surface area contributed by atoms with E-state index in [1.54, 1.807) is 0 Å². The summed E-state index contributed by atoms with van der Waals surface area (Å²) in [5, 5.41) is 20.4. The van der Waals surface area contributed by atoms with E-state index in [2.05, 4.69) is 32.5 Å². The lowest BCUT2D eigenvalue weighted by atomic mass is 10.2. The minimum Gasteiger partial charge on any atom is -0.424 e. The van der Waals surface area contributed by atoms with Crippen molar-refractivity contribution in [2.75, 3.05) is 0 Å². The molecule has 0 saturated heterocycles. The van der Waals surface area contributed by atoms with Crippen molar-refractivity contribution < 1.29 is 9.21 Å². The highest BCUT2D eigenvalue weighted by atomic mass is 32.1. The predicted octanol–water partition coefficient (Wildman–Crippen LogP) is 1.97. The van der Waals surface area contributed by atoms with E-state index in [1.165, 1.54) is 11.3 Å². The van der Waals surface area contributed by atoms with Crippen molar-refractivity contribution in [2.24, 2.45) is 0 Å². The number of nitrogens with zero attached hydrogens (tertiary/aromatic N) is 4. The van der Waals surface area contributed by atoms with Gasteiger partial charge in [-0.3, -0.25) is 4.79 Å². The highest BCUT2D eigenvalue weighted by Crippen LogP contribution is 2.34. The van der Waals surface area contributed by atoms with Crippen LogP contribution in [0.25, 0.3) is 10.2 Å². The van der Waals surface area contributed by atoms with Gasteiger partial charge in [-0.25, -0.2) is 4.98 Å². The van der Waals surface area contributed by atoms with Gasteiger partial charge in [0.25, 0.3) is 0 Å². The van der Waals surface area contributed by atoms with Crippen LogP contribution in [-0.4, -0.2) is 26.6 Å².